The molecule has 2 heterocycles. The first-order valence-electron chi connectivity index (χ1n) is 9.97. The van der Waals surface area contributed by atoms with E-state index >= 15 is 0 Å². The molecule has 4 rings (SSSR count). The van der Waals surface area contributed by atoms with Crippen LogP contribution in [0.25, 0.3) is 11.6 Å². The summed E-state index contributed by atoms with van der Waals surface area (Å²) >= 11 is 0. The summed E-state index contributed by atoms with van der Waals surface area (Å²) in [7, 11) is 0. The van der Waals surface area contributed by atoms with Gasteiger partial charge in [-0.25, -0.2) is 9.59 Å². The number of carboxylic acids is 1. The Labute approximate surface area is 184 Å². The van der Waals surface area contributed by atoms with Crippen LogP contribution < -0.4 is 16.0 Å². The van der Waals surface area contributed by atoms with Crippen molar-refractivity contribution in [3.8, 4) is 0 Å². The molecule has 0 bridgehead atoms. The van der Waals surface area contributed by atoms with Crippen molar-refractivity contribution in [1.29, 1.82) is 0 Å². The van der Waals surface area contributed by atoms with Gasteiger partial charge >= 0.3 is 12.0 Å². The van der Waals surface area contributed by atoms with E-state index in [1.807, 2.05) is 31.2 Å². The number of H-pyrrole nitrogens is 1. The molecule has 2 aromatic carbocycles. The smallest absolute Gasteiger partial charge is 0.337 e. The number of hydrogen-bond acceptors (Lipinski definition) is 3. The van der Waals surface area contributed by atoms with Gasteiger partial charge in [-0.1, -0.05) is 23.8 Å². The number of aromatic amines is 1. The average Bonchev–Trinajstić information content (AvgIpc) is 3.18. The minimum atomic E-state index is -1.02. The summed E-state index contributed by atoms with van der Waals surface area (Å²) in [6.45, 7) is 5.35. The topological polar surface area (TPSA) is 123 Å². The number of carbonyl (C=O) groups is 3. The highest BCUT2D eigenvalue weighted by atomic mass is 16.4. The summed E-state index contributed by atoms with van der Waals surface area (Å²) in [6, 6.07) is 12.2. The highest BCUT2D eigenvalue weighted by Gasteiger charge is 2.26. The number of amides is 3. The Hall–Kier alpha value is -4.33. The van der Waals surface area contributed by atoms with Crippen LogP contribution in [0.15, 0.2) is 42.5 Å². The summed E-state index contributed by atoms with van der Waals surface area (Å²) in [6.07, 6.45) is 1.65. The second-order valence-electron chi connectivity index (χ2n) is 7.69. The zero-order valence-electron chi connectivity index (χ0n) is 17.8. The lowest BCUT2D eigenvalue weighted by Gasteiger charge is -2.09. The van der Waals surface area contributed by atoms with E-state index in [1.165, 1.54) is 0 Å². The van der Waals surface area contributed by atoms with Crippen LogP contribution in [-0.2, 0) is 4.79 Å². The van der Waals surface area contributed by atoms with Gasteiger partial charge < -0.3 is 26.0 Å². The predicted molar refractivity (Wildman–Crippen MR) is 124 cm³/mol. The minimum Gasteiger partial charge on any atom is -0.478 e. The zero-order chi connectivity index (χ0) is 23.0. The van der Waals surface area contributed by atoms with Crippen molar-refractivity contribution < 1.29 is 19.5 Å². The summed E-state index contributed by atoms with van der Waals surface area (Å²) in [5.74, 6) is -1.32. The van der Waals surface area contributed by atoms with E-state index in [0.29, 0.717) is 45.2 Å². The molecule has 1 aliphatic rings. The molecule has 8 nitrogen and oxygen atoms in total. The molecular formula is C24H22N4O4. The van der Waals surface area contributed by atoms with E-state index < -0.39 is 12.0 Å². The maximum absolute atomic E-state index is 12.6. The molecule has 3 amide bonds. The second-order valence-corrected chi connectivity index (χ2v) is 7.69. The van der Waals surface area contributed by atoms with Crippen molar-refractivity contribution in [2.24, 2.45) is 0 Å². The molecule has 3 aromatic rings. The molecule has 0 saturated carbocycles. The van der Waals surface area contributed by atoms with Crippen LogP contribution in [0.2, 0.25) is 0 Å². The molecule has 1 aliphatic heterocycles. The Morgan fingerprint density at radius 2 is 1.62 bits per heavy atom. The lowest BCUT2D eigenvalue weighted by atomic mass is 10.0. The third-order valence-corrected chi connectivity index (χ3v) is 5.35. The van der Waals surface area contributed by atoms with Crippen molar-refractivity contribution in [2.45, 2.75) is 20.8 Å². The summed E-state index contributed by atoms with van der Waals surface area (Å²) < 4.78 is 0. The quantitative estimate of drug-likeness (QED) is 0.382. The predicted octanol–water partition coefficient (Wildman–Crippen LogP) is 4.77. The lowest BCUT2D eigenvalue weighted by molar-refractivity contribution is -0.110. The van der Waals surface area contributed by atoms with Crippen molar-refractivity contribution in [3.05, 3.63) is 76.1 Å². The van der Waals surface area contributed by atoms with Gasteiger partial charge in [0.15, 0.2) is 0 Å². The van der Waals surface area contributed by atoms with Gasteiger partial charge in [0.2, 0.25) is 0 Å². The first-order valence-corrected chi connectivity index (χ1v) is 9.97. The number of urea groups is 1. The monoisotopic (exact) mass is 430 g/mol. The zero-order valence-corrected chi connectivity index (χ0v) is 17.8. The highest BCUT2D eigenvalue weighted by Crippen LogP contribution is 2.35. The third kappa shape index (κ3) is 3.98. The molecular weight excluding hydrogens is 408 g/mol. The van der Waals surface area contributed by atoms with Gasteiger partial charge in [-0.05, 0) is 56.7 Å². The fourth-order valence-electron chi connectivity index (χ4n) is 3.73. The van der Waals surface area contributed by atoms with Crippen LogP contribution >= 0.6 is 0 Å². The van der Waals surface area contributed by atoms with Crippen molar-refractivity contribution >= 4 is 46.6 Å². The summed E-state index contributed by atoms with van der Waals surface area (Å²) in [4.78, 5) is 39.3. The number of aromatic nitrogens is 1. The number of carbonyl (C=O) groups excluding carboxylic acids is 2. The molecule has 8 heteroatoms. The standard InChI is InChI=1S/C24H22N4O4/c1-12-4-6-15(7-5-12)26-24(32)27-16-8-9-17-18(22(29)28-20(17)10-16)11-19-13(2)21(23(30)31)14(3)25-19/h4-11,25H,1-3H3,(H,28,29)(H,30,31)(H2,26,27,32)/b18-11-. The number of carboxylic acid groups (broad SMARTS) is 1. The Morgan fingerprint density at radius 3 is 2.28 bits per heavy atom. The van der Waals surface area contributed by atoms with Crippen molar-refractivity contribution in [2.75, 3.05) is 16.0 Å². The van der Waals surface area contributed by atoms with E-state index in [9.17, 15) is 19.5 Å². The number of aromatic carboxylic acids is 1. The van der Waals surface area contributed by atoms with Crippen LogP contribution in [0.4, 0.5) is 21.9 Å². The lowest BCUT2D eigenvalue weighted by Crippen LogP contribution is -2.19. The molecule has 162 valence electrons. The number of fused-ring (bicyclic) bond motifs is 1. The largest absolute Gasteiger partial charge is 0.478 e. The van der Waals surface area contributed by atoms with Crippen LogP contribution in [0, 0.1) is 20.8 Å². The van der Waals surface area contributed by atoms with E-state index in [1.54, 1.807) is 38.1 Å². The molecule has 0 radical (unpaired) electrons. The molecule has 32 heavy (non-hydrogen) atoms. The first kappa shape index (κ1) is 20.9. The normalized spacial score (nSPS) is 13.6. The van der Waals surface area contributed by atoms with Gasteiger partial charge in [-0.15, -0.1) is 0 Å². The van der Waals surface area contributed by atoms with E-state index in [0.717, 1.165) is 5.56 Å². The maximum atomic E-state index is 12.6. The van der Waals surface area contributed by atoms with Gasteiger partial charge in [0.1, 0.15) is 0 Å². The van der Waals surface area contributed by atoms with Crippen LogP contribution in [-0.4, -0.2) is 28.0 Å². The first-order chi connectivity index (χ1) is 15.2. The second kappa shape index (κ2) is 8.07. The minimum absolute atomic E-state index is 0.203. The van der Waals surface area contributed by atoms with E-state index in [-0.39, 0.29) is 11.5 Å². The number of aryl methyl sites for hydroxylation is 2. The fraction of sp³-hybridized carbons (Fsp3) is 0.125. The van der Waals surface area contributed by atoms with Gasteiger partial charge in [-0.2, -0.15) is 0 Å². The van der Waals surface area contributed by atoms with Crippen LogP contribution in [0.5, 0.6) is 0 Å². The Kier molecular flexibility index (Phi) is 5.28. The fourth-order valence-corrected chi connectivity index (χ4v) is 3.73. The molecule has 1 aromatic heterocycles. The number of benzene rings is 2. The number of anilines is 3. The Balaban J connectivity index is 1.56. The number of rotatable bonds is 4. The summed E-state index contributed by atoms with van der Waals surface area (Å²) in [5.41, 5.74) is 5.80. The van der Waals surface area contributed by atoms with Crippen molar-refractivity contribution in [1.82, 2.24) is 4.98 Å². The molecule has 5 N–H and O–H groups in total. The number of nitrogens with one attached hydrogen (secondary N) is 4. The summed E-state index contributed by atoms with van der Waals surface area (Å²) in [5, 5.41) is 17.7. The maximum Gasteiger partial charge on any atom is 0.337 e. The van der Waals surface area contributed by atoms with Gasteiger partial charge in [-0.3, -0.25) is 4.79 Å². The van der Waals surface area contributed by atoms with Gasteiger partial charge in [0.05, 0.1) is 16.8 Å². The highest BCUT2D eigenvalue weighted by molar-refractivity contribution is 6.35. The van der Waals surface area contributed by atoms with Crippen LogP contribution in [0.1, 0.15) is 38.4 Å². The van der Waals surface area contributed by atoms with Gasteiger partial charge in [0, 0.05) is 28.3 Å². The molecule has 0 fully saturated rings. The molecule has 0 atom stereocenters. The van der Waals surface area contributed by atoms with Crippen LogP contribution in [0.3, 0.4) is 0 Å². The van der Waals surface area contributed by atoms with E-state index in [2.05, 4.69) is 20.9 Å². The Bertz CT molecular complexity index is 1290. The SMILES string of the molecule is Cc1ccc(NC(=O)Nc2ccc3c(c2)NC(=O)/C3=C\c2[nH]c(C)c(C(=O)O)c2C)cc1. The third-order valence-electron chi connectivity index (χ3n) is 5.35. The molecule has 0 aliphatic carbocycles. The molecule has 0 saturated heterocycles. The van der Waals surface area contributed by atoms with Gasteiger partial charge in [0.25, 0.3) is 5.91 Å². The van der Waals surface area contributed by atoms with Crippen molar-refractivity contribution in [3.63, 3.8) is 0 Å². The number of hydrogen-bond donors (Lipinski definition) is 5. The Morgan fingerprint density at radius 1 is 0.969 bits per heavy atom. The molecule has 0 unspecified atom stereocenters. The average molecular weight is 430 g/mol. The molecule has 0 spiro atoms. The van der Waals surface area contributed by atoms with E-state index in [4.69, 9.17) is 0 Å².